The van der Waals surface area contributed by atoms with Crippen LogP contribution in [0.2, 0.25) is 98.8 Å². The molecule has 0 radical (unpaired) electrons. The molecular weight excluding hydrogens is 1970 g/mol. The predicted octanol–water partition coefficient (Wildman–Crippen LogP) is 18.8. The number of halogens is 1. The minimum absolute atomic E-state index is 0.0115. The molecule has 37 nitrogen and oxygen atoms in total. The van der Waals surface area contributed by atoms with E-state index in [0.717, 1.165) is 80.4 Å². The molecule has 4 saturated heterocycles. The molecule has 16 heterocycles. The van der Waals surface area contributed by atoms with Crippen LogP contribution in [0.4, 0.5) is 17.1 Å². The highest BCUT2D eigenvalue weighted by Crippen LogP contribution is 2.47. The van der Waals surface area contributed by atoms with Gasteiger partial charge >= 0.3 is 7.12 Å². The third kappa shape index (κ3) is 25.6. The standard InChI is InChI=1S/C24H31N7O3SSi.C20H35BN2O2Si.C18H17N7O2S.C17H21N5OSi.C12H18ClN3OSi.C7H10N2O2S/c1-6-35(32,33)31-15-24(16-31,8-9-25)30-13-20(21(14-30)26-2)22-19-7-10-29(23(19)28-17-27-22)18-34-11-12-36(3,4)5;1-14(2)26(15(3)4,16(5)6)23-12-17(11-22)18(13-23)21-24-19(7,8)20(9,10)25-21;1-3-28(26,27)25-10-18(11-25,5-6-19)24-8-14(15(9-24)20-2)16-13-4-7-21-17(13)23-12-22-16;1-18-15-10-19-9-14(15)16-13-5-6-22(17(13)21-11-20-16)12-23-7-8-24(2,3)4;1-18(2,3)7-6-17-9-16-5-4-10-11(13)14-8-15-12(10)16;1-2-12(10,11)9-5-7(6-9)3-4-8/h7,10,13-14,17H,6,8,11-12,15-16,18H2,1,3-5H3;12-16H,1-10H3;4,7-9,12H,3,5,10-11H2,1H3,(H,21,22,23);5-6,9-11,19H,7-8,12H2,2-4H3;4-5,8H,6-7,9H2,1-3H3;3H,2,5-6H2,1H3. The van der Waals surface area contributed by atoms with Gasteiger partial charge in [-0.15, -0.1) is 0 Å². The zero-order valence-corrected chi connectivity index (χ0v) is 93.6. The van der Waals surface area contributed by atoms with Crippen LogP contribution in [-0.4, -0.2) is 242 Å². The highest BCUT2D eigenvalue weighted by atomic mass is 35.5. The molecule has 46 heteroatoms. The van der Waals surface area contributed by atoms with Gasteiger partial charge in [0.05, 0.1) is 118 Å². The van der Waals surface area contributed by atoms with Crippen molar-refractivity contribution < 1.29 is 48.8 Å². The average Bonchev–Trinajstić information content (AvgIpc) is 1.48. The second-order valence-corrected chi connectivity index (χ2v) is 71.6. The first kappa shape index (κ1) is 113. The fraction of sp³-hybridized carbons (Fsp3) is 0.500. The molecule has 12 aromatic rings. The van der Waals surface area contributed by atoms with Crippen LogP contribution in [0.3, 0.4) is 0 Å². The summed E-state index contributed by atoms with van der Waals surface area (Å²) in [6, 6.07) is 19.7. The second-order valence-electron chi connectivity index (χ2n) is 41.8. The summed E-state index contributed by atoms with van der Waals surface area (Å²) in [5, 5.41) is 40.7. The number of sulfonamides is 3. The summed E-state index contributed by atoms with van der Waals surface area (Å²) >= 11 is 5.99. The van der Waals surface area contributed by atoms with Crippen LogP contribution in [-0.2, 0) is 84.9 Å². The normalized spacial score (nSPS) is 15.7. The van der Waals surface area contributed by atoms with Crippen molar-refractivity contribution in [2.24, 2.45) is 0 Å². The number of aromatic amines is 2. The van der Waals surface area contributed by atoms with Crippen molar-refractivity contribution in [1.82, 2.24) is 89.8 Å². The van der Waals surface area contributed by atoms with E-state index in [4.69, 9.17) is 60.1 Å². The third-order valence-corrected chi connectivity index (χ3v) is 44.4. The first-order valence-corrected chi connectivity index (χ1v) is 66.4. The third-order valence-electron chi connectivity index (χ3n) is 26.9. The van der Waals surface area contributed by atoms with Gasteiger partial charge in [0.25, 0.3) is 0 Å². The zero-order chi connectivity index (χ0) is 106. The number of fused-ring (bicyclic) bond motifs is 4. The molecule has 0 spiro atoms. The Hall–Kier alpha value is -11.5. The number of hydrogen-bond acceptors (Lipinski definition) is 23. The molecule has 0 aromatic carbocycles. The van der Waals surface area contributed by atoms with E-state index in [9.17, 15) is 41.0 Å². The minimum atomic E-state index is -3.35. The fourth-order valence-corrected chi connectivity index (χ4v) is 30.4. The summed E-state index contributed by atoms with van der Waals surface area (Å²) in [4.78, 5) is 51.3. The van der Waals surface area contributed by atoms with Gasteiger partial charge in [0.1, 0.15) is 79.3 Å². The van der Waals surface area contributed by atoms with Crippen molar-refractivity contribution in [1.29, 1.82) is 21.0 Å². The molecular formula is C98H132BClN26O11S3Si4. The first-order chi connectivity index (χ1) is 67.8. The molecule has 0 aliphatic carbocycles. The maximum absolute atomic E-state index is 12.3. The van der Waals surface area contributed by atoms with Gasteiger partial charge in [-0.3, -0.25) is 0 Å². The number of allylic oxidation sites excluding steroid dienone is 1. The SMILES string of the molecule is CC(C)[Si](C(C)C)(C(C)C)n1cc(C#N)c(B2OC(C)(C)C(C)(C)O2)c1.CCS(=O)(=O)N1CC(=CC#N)C1.C[Si](C)(C)CCOCn1ccc2c(Cl)ncnc21.[C-]#[N+]c1c[nH]cc1-c1ncnc2c1ccn2COCC[Si](C)(C)C.[C-]#[N+]c1cn(C2(CC#N)CN(S(=O)(=O)CC)C2)cc1-c1ncnc2[nH]ccc12.[C-]#[N+]c1cn(C2(CC#N)CN(S(=O)(=O)CC)C2)cc1-c1ncnc2c1ccn2COCC[Si](C)(C)C. The van der Waals surface area contributed by atoms with Gasteiger partial charge in [-0.1, -0.05) is 112 Å². The summed E-state index contributed by atoms with van der Waals surface area (Å²) in [6.45, 7) is 75.8. The van der Waals surface area contributed by atoms with E-state index in [1.54, 1.807) is 62.5 Å². The van der Waals surface area contributed by atoms with Gasteiger partial charge < -0.3 is 60.6 Å². The lowest BCUT2D eigenvalue weighted by atomic mass is 9.79. The van der Waals surface area contributed by atoms with E-state index in [0.29, 0.717) is 118 Å². The van der Waals surface area contributed by atoms with E-state index in [2.05, 4.69) is 193 Å². The zero-order valence-electron chi connectivity index (χ0n) is 86.4. The molecule has 4 fully saturated rings. The highest BCUT2D eigenvalue weighted by molar-refractivity contribution is 7.89. The minimum Gasteiger partial charge on any atom is -0.399 e. The summed E-state index contributed by atoms with van der Waals surface area (Å²) in [6.07, 6.45) is 29.8. The molecule has 2 N–H and O–H groups in total. The van der Waals surface area contributed by atoms with Crippen LogP contribution in [0.15, 0.2) is 136 Å². The number of H-pyrrole nitrogens is 2. The van der Waals surface area contributed by atoms with Crippen LogP contribution in [0.5, 0.6) is 0 Å². The Morgan fingerprint density at radius 2 is 0.910 bits per heavy atom. The van der Waals surface area contributed by atoms with Gasteiger partial charge in [0, 0.05) is 190 Å². The number of nitrogens with one attached hydrogen (secondary N) is 2. The van der Waals surface area contributed by atoms with Crippen LogP contribution >= 0.6 is 11.6 Å². The second kappa shape index (κ2) is 46.5. The van der Waals surface area contributed by atoms with E-state index in [1.807, 2.05) is 107 Å². The Kier molecular flexibility index (Phi) is 36.4. The summed E-state index contributed by atoms with van der Waals surface area (Å²) in [7, 11) is -15.4. The van der Waals surface area contributed by atoms with E-state index in [-0.39, 0.29) is 56.3 Å². The monoisotopic (exact) mass is 2100 g/mol. The van der Waals surface area contributed by atoms with Gasteiger partial charge in [-0.05, 0) is 125 Å². The summed E-state index contributed by atoms with van der Waals surface area (Å²) < 4.78 is 117. The average molecular weight is 2110 g/mol. The number of aromatic nitrogens is 16. The number of hydrogen-bond donors (Lipinski definition) is 2. The predicted molar refractivity (Wildman–Crippen MR) is 574 cm³/mol. The fourth-order valence-electron chi connectivity index (χ4n) is 17.9. The van der Waals surface area contributed by atoms with Crippen molar-refractivity contribution in [3.05, 3.63) is 181 Å². The van der Waals surface area contributed by atoms with Gasteiger partial charge in [-0.2, -0.15) is 34.0 Å². The Bertz CT molecular complexity index is 7240. The van der Waals surface area contributed by atoms with Gasteiger partial charge in [0.2, 0.25) is 47.1 Å². The van der Waals surface area contributed by atoms with Crippen LogP contribution < -0.4 is 5.46 Å². The highest BCUT2D eigenvalue weighted by Gasteiger charge is 2.55. The molecule has 0 saturated carbocycles. The van der Waals surface area contributed by atoms with E-state index in [1.165, 1.54) is 50.3 Å². The number of nitrogens with zero attached hydrogens (tertiary/aromatic N) is 24. The topological polar surface area (TPSA) is 431 Å². The summed E-state index contributed by atoms with van der Waals surface area (Å²) in [5.41, 5.74) is 10.4. The molecule has 4 aliphatic heterocycles. The van der Waals surface area contributed by atoms with E-state index < -0.39 is 91.9 Å². The van der Waals surface area contributed by atoms with Gasteiger partial charge in [0.15, 0.2) is 8.24 Å². The van der Waals surface area contributed by atoms with Gasteiger partial charge in [-0.25, -0.2) is 79.7 Å². The maximum atomic E-state index is 12.3. The summed E-state index contributed by atoms with van der Waals surface area (Å²) in [5.74, 6) is 0.163. The maximum Gasteiger partial charge on any atom is 0.497 e. The Morgan fingerprint density at radius 3 is 1.31 bits per heavy atom. The van der Waals surface area contributed by atoms with Crippen LogP contribution in [0.25, 0.3) is 92.4 Å². The lowest BCUT2D eigenvalue weighted by molar-refractivity contribution is 0.00578. The van der Waals surface area contributed by atoms with Crippen molar-refractivity contribution in [2.75, 3.05) is 76.3 Å². The molecule has 4 aliphatic rings. The number of rotatable bonds is 33. The quantitative estimate of drug-likeness (QED) is 0.0127. The molecule has 16 rings (SSSR count). The van der Waals surface area contributed by atoms with Crippen LogP contribution in [0, 0.1) is 65.0 Å². The molecule has 0 unspecified atom stereocenters. The molecule has 0 bridgehead atoms. The number of ether oxygens (including phenoxy) is 3. The Balaban J connectivity index is 0.000000169. The smallest absolute Gasteiger partial charge is 0.399 e. The van der Waals surface area contributed by atoms with E-state index >= 15 is 0 Å². The van der Waals surface area contributed by atoms with Crippen molar-refractivity contribution in [3.8, 4) is 58.0 Å². The van der Waals surface area contributed by atoms with Crippen molar-refractivity contribution in [3.63, 3.8) is 0 Å². The first-order valence-electron chi connectivity index (χ1n) is 47.9. The molecule has 0 amide bonds. The largest absolute Gasteiger partial charge is 0.497 e. The van der Waals surface area contributed by atoms with Crippen LogP contribution in [0.1, 0.15) is 108 Å². The van der Waals surface area contributed by atoms with Crippen molar-refractivity contribution in [2.45, 2.75) is 239 Å². The Morgan fingerprint density at radius 1 is 0.514 bits per heavy atom. The number of nitriles is 4. The lowest BCUT2D eigenvalue weighted by Gasteiger charge is -2.49. The molecule has 0 atom stereocenters. The molecule has 764 valence electrons. The molecule has 144 heavy (non-hydrogen) atoms. The Labute approximate surface area is 855 Å². The molecule has 12 aromatic heterocycles. The lowest BCUT2D eigenvalue weighted by Crippen LogP contribution is -2.63. The van der Waals surface area contributed by atoms with Crippen molar-refractivity contribution >= 4 is 148 Å².